The molecule has 2 rings (SSSR count). The number of ether oxygens (including phenoxy) is 1. The molecule has 15 heavy (non-hydrogen) atoms. The average molecular weight is 270 g/mol. The van der Waals surface area contributed by atoms with E-state index >= 15 is 0 Å². The molecular weight excluding hydrogens is 254 g/mol. The van der Waals surface area contributed by atoms with Crippen LogP contribution in [0.2, 0.25) is 0 Å². The fourth-order valence-corrected chi connectivity index (χ4v) is 2.45. The fourth-order valence-electron chi connectivity index (χ4n) is 2.10. The molecule has 0 radical (unpaired) electrons. The van der Waals surface area contributed by atoms with Crippen molar-refractivity contribution in [1.82, 2.24) is 4.98 Å². The van der Waals surface area contributed by atoms with Crippen LogP contribution in [0.15, 0.2) is 22.8 Å². The van der Waals surface area contributed by atoms with Gasteiger partial charge in [-0.2, -0.15) is 0 Å². The summed E-state index contributed by atoms with van der Waals surface area (Å²) in [5, 5.41) is 0. The number of aromatic nitrogens is 1. The Morgan fingerprint density at radius 1 is 1.47 bits per heavy atom. The topological polar surface area (TPSA) is 22.1 Å². The Morgan fingerprint density at radius 3 is 3.07 bits per heavy atom. The molecule has 1 fully saturated rings. The molecule has 1 aromatic rings. The van der Waals surface area contributed by atoms with E-state index in [1.807, 2.05) is 12.1 Å². The van der Waals surface area contributed by atoms with Gasteiger partial charge in [0.25, 0.3) is 0 Å². The van der Waals surface area contributed by atoms with Gasteiger partial charge in [-0.3, -0.25) is 0 Å². The molecule has 0 aromatic carbocycles. The van der Waals surface area contributed by atoms with Crippen LogP contribution < -0.4 is 4.74 Å². The van der Waals surface area contributed by atoms with Crippen molar-refractivity contribution in [3.8, 4) is 5.88 Å². The number of rotatable bonds is 2. The normalized spacial score (nSPS) is 26.3. The lowest BCUT2D eigenvalue weighted by atomic mass is 9.89. The van der Waals surface area contributed by atoms with E-state index in [-0.39, 0.29) is 0 Å². The second kappa shape index (κ2) is 4.97. The molecular formula is C12H16BrNO. The lowest BCUT2D eigenvalue weighted by molar-refractivity contribution is 0.123. The highest BCUT2D eigenvalue weighted by Crippen LogP contribution is 2.29. The fraction of sp³-hybridized carbons (Fsp3) is 0.583. The predicted molar refractivity (Wildman–Crippen MR) is 64.0 cm³/mol. The number of pyridine rings is 1. The van der Waals surface area contributed by atoms with E-state index in [0.29, 0.717) is 6.10 Å². The Bertz CT molecular complexity index is 329. The lowest BCUT2D eigenvalue weighted by Gasteiger charge is -2.27. The van der Waals surface area contributed by atoms with Crippen LogP contribution in [-0.2, 0) is 0 Å². The first-order chi connectivity index (χ1) is 7.25. The second-order valence-corrected chi connectivity index (χ2v) is 5.16. The summed E-state index contributed by atoms with van der Waals surface area (Å²) in [5.41, 5.74) is 0. The molecule has 0 N–H and O–H groups in total. The van der Waals surface area contributed by atoms with Gasteiger partial charge in [-0.15, -0.1) is 0 Å². The van der Waals surface area contributed by atoms with E-state index in [1.54, 1.807) is 6.20 Å². The van der Waals surface area contributed by atoms with Crippen LogP contribution in [0.25, 0.3) is 0 Å². The lowest BCUT2D eigenvalue weighted by Crippen LogP contribution is -2.24. The molecule has 0 amide bonds. The molecule has 0 aliphatic heterocycles. The van der Waals surface area contributed by atoms with Crippen molar-refractivity contribution in [3.05, 3.63) is 22.8 Å². The minimum absolute atomic E-state index is 0.347. The van der Waals surface area contributed by atoms with E-state index in [9.17, 15) is 0 Å². The average Bonchev–Trinajstić information content (AvgIpc) is 2.22. The van der Waals surface area contributed by atoms with Gasteiger partial charge in [0.2, 0.25) is 5.88 Å². The molecule has 2 nitrogen and oxygen atoms in total. The number of nitrogens with zero attached hydrogens (tertiary/aromatic N) is 1. The van der Waals surface area contributed by atoms with Crippen molar-refractivity contribution in [2.24, 2.45) is 5.92 Å². The Kier molecular flexibility index (Phi) is 3.62. The molecule has 82 valence electrons. The molecule has 1 saturated carbocycles. The summed E-state index contributed by atoms with van der Waals surface area (Å²) in [6.45, 7) is 2.29. The number of hydrogen-bond acceptors (Lipinski definition) is 2. The van der Waals surface area contributed by atoms with Crippen LogP contribution in [0.5, 0.6) is 5.88 Å². The first kappa shape index (κ1) is 10.9. The van der Waals surface area contributed by atoms with Gasteiger partial charge in [0.05, 0.1) is 4.47 Å². The molecule has 1 heterocycles. The van der Waals surface area contributed by atoms with Gasteiger partial charge in [-0.25, -0.2) is 4.98 Å². The molecule has 1 aromatic heterocycles. The van der Waals surface area contributed by atoms with Crippen molar-refractivity contribution < 1.29 is 4.74 Å². The molecule has 0 bridgehead atoms. The number of halogens is 1. The zero-order valence-electron chi connectivity index (χ0n) is 8.95. The summed E-state index contributed by atoms with van der Waals surface area (Å²) in [6, 6.07) is 3.87. The third kappa shape index (κ3) is 2.94. The minimum Gasteiger partial charge on any atom is -0.474 e. The van der Waals surface area contributed by atoms with Gasteiger partial charge in [0, 0.05) is 6.20 Å². The van der Waals surface area contributed by atoms with Gasteiger partial charge in [0.1, 0.15) is 6.10 Å². The first-order valence-corrected chi connectivity index (χ1v) is 6.32. The highest BCUT2D eigenvalue weighted by molar-refractivity contribution is 9.10. The van der Waals surface area contributed by atoms with Crippen LogP contribution in [0.3, 0.4) is 0 Å². The summed E-state index contributed by atoms with van der Waals surface area (Å²) in [4.78, 5) is 4.23. The highest BCUT2D eigenvalue weighted by Gasteiger charge is 2.21. The zero-order chi connectivity index (χ0) is 10.7. The van der Waals surface area contributed by atoms with E-state index in [0.717, 1.165) is 29.1 Å². The van der Waals surface area contributed by atoms with Gasteiger partial charge >= 0.3 is 0 Å². The Balaban J connectivity index is 1.99. The third-order valence-corrected chi connectivity index (χ3v) is 3.49. The maximum atomic E-state index is 5.90. The SMILES string of the molecule is CC1CCCC(Oc2ncccc2Br)C1. The van der Waals surface area contributed by atoms with Crippen LogP contribution in [-0.4, -0.2) is 11.1 Å². The summed E-state index contributed by atoms with van der Waals surface area (Å²) >= 11 is 3.45. The van der Waals surface area contributed by atoms with Crippen molar-refractivity contribution in [2.75, 3.05) is 0 Å². The Labute approximate surface area is 99.2 Å². The minimum atomic E-state index is 0.347. The predicted octanol–water partition coefficient (Wildman–Crippen LogP) is 3.80. The molecule has 2 unspecified atom stereocenters. The maximum Gasteiger partial charge on any atom is 0.228 e. The summed E-state index contributed by atoms with van der Waals surface area (Å²) in [5.74, 6) is 1.52. The van der Waals surface area contributed by atoms with Crippen LogP contribution >= 0.6 is 15.9 Å². The molecule has 2 atom stereocenters. The van der Waals surface area contributed by atoms with Crippen LogP contribution in [0.1, 0.15) is 32.6 Å². The van der Waals surface area contributed by atoms with Crippen molar-refractivity contribution >= 4 is 15.9 Å². The second-order valence-electron chi connectivity index (χ2n) is 4.30. The van der Waals surface area contributed by atoms with E-state index in [1.165, 1.54) is 12.8 Å². The highest BCUT2D eigenvalue weighted by atomic mass is 79.9. The summed E-state index contributed by atoms with van der Waals surface area (Å²) in [6.07, 6.45) is 7.04. The van der Waals surface area contributed by atoms with E-state index in [4.69, 9.17) is 4.74 Å². The van der Waals surface area contributed by atoms with Gasteiger partial charge in [-0.1, -0.05) is 13.3 Å². The smallest absolute Gasteiger partial charge is 0.228 e. The van der Waals surface area contributed by atoms with Crippen molar-refractivity contribution in [3.63, 3.8) is 0 Å². The Morgan fingerprint density at radius 2 is 2.33 bits per heavy atom. The Hall–Kier alpha value is -0.570. The van der Waals surface area contributed by atoms with E-state index < -0.39 is 0 Å². The van der Waals surface area contributed by atoms with Crippen LogP contribution in [0.4, 0.5) is 0 Å². The van der Waals surface area contributed by atoms with Gasteiger partial charge in [-0.05, 0) is 53.2 Å². The van der Waals surface area contributed by atoms with Crippen molar-refractivity contribution in [2.45, 2.75) is 38.7 Å². The molecule has 1 aliphatic rings. The maximum absolute atomic E-state index is 5.90. The monoisotopic (exact) mass is 269 g/mol. The first-order valence-electron chi connectivity index (χ1n) is 5.53. The summed E-state index contributed by atoms with van der Waals surface area (Å²) < 4.78 is 6.85. The quantitative estimate of drug-likeness (QED) is 0.815. The number of hydrogen-bond donors (Lipinski definition) is 0. The largest absolute Gasteiger partial charge is 0.474 e. The molecule has 1 aliphatic carbocycles. The third-order valence-electron chi connectivity index (χ3n) is 2.89. The van der Waals surface area contributed by atoms with E-state index in [2.05, 4.69) is 27.8 Å². The van der Waals surface area contributed by atoms with Gasteiger partial charge < -0.3 is 4.74 Å². The van der Waals surface area contributed by atoms with Crippen LogP contribution in [0, 0.1) is 5.92 Å². The zero-order valence-corrected chi connectivity index (χ0v) is 10.5. The van der Waals surface area contributed by atoms with Crippen molar-refractivity contribution in [1.29, 1.82) is 0 Å². The summed E-state index contributed by atoms with van der Waals surface area (Å²) in [7, 11) is 0. The molecule has 0 spiro atoms. The van der Waals surface area contributed by atoms with Gasteiger partial charge in [0.15, 0.2) is 0 Å². The molecule has 3 heteroatoms. The standard InChI is InChI=1S/C12H16BrNO/c1-9-4-2-5-10(8-9)15-12-11(13)6-3-7-14-12/h3,6-7,9-10H,2,4-5,8H2,1H3. The molecule has 0 saturated heterocycles.